The molecule has 38 heavy (non-hydrogen) atoms. The molecule has 7 nitrogen and oxygen atoms in total. The van der Waals surface area contributed by atoms with Crippen molar-refractivity contribution in [3.05, 3.63) is 107 Å². The Kier molecular flexibility index (Phi) is 6.19. The van der Waals surface area contributed by atoms with E-state index in [2.05, 4.69) is 15.6 Å². The summed E-state index contributed by atoms with van der Waals surface area (Å²) in [5, 5.41) is 7.00. The molecule has 1 aromatic heterocycles. The van der Waals surface area contributed by atoms with Crippen LogP contribution in [0.3, 0.4) is 0 Å². The van der Waals surface area contributed by atoms with E-state index in [9.17, 15) is 14.4 Å². The lowest BCUT2D eigenvalue weighted by atomic mass is 9.89. The lowest BCUT2D eigenvalue weighted by Gasteiger charge is -2.37. The van der Waals surface area contributed by atoms with Crippen LogP contribution in [0.4, 0.5) is 0 Å². The molecule has 3 atom stereocenters. The highest BCUT2D eigenvalue weighted by atomic mass is 16.2. The largest absolute Gasteiger partial charge is 0.356 e. The normalized spacial score (nSPS) is 18.4. The maximum absolute atomic E-state index is 14.0. The molecule has 0 radical (unpaired) electrons. The van der Waals surface area contributed by atoms with Gasteiger partial charge in [-0.2, -0.15) is 0 Å². The number of carbonyl (C=O) groups is 3. The van der Waals surface area contributed by atoms with Crippen molar-refractivity contribution in [3.8, 4) is 0 Å². The molecule has 0 fully saturated rings. The van der Waals surface area contributed by atoms with Gasteiger partial charge in [-0.1, -0.05) is 73.7 Å². The molecule has 3 heterocycles. The highest BCUT2D eigenvalue weighted by molar-refractivity contribution is 6.04. The molecule has 4 aromatic rings. The average Bonchev–Trinajstić information content (AvgIpc) is 3.47. The third kappa shape index (κ3) is 4.04. The maximum atomic E-state index is 14.0. The molecule has 0 saturated heterocycles. The Morgan fingerprint density at radius 2 is 1.74 bits per heavy atom. The number of rotatable bonds is 7. The molecule has 0 spiro atoms. The SMILES string of the molecule is CCCNC(=O)[C@H](Cc1ccccc1)NC(=O)[C@@H]1Cc2c([nH]c3ccccc23)[C@H]2c3ccccc3C(=O)N21. The minimum atomic E-state index is -0.751. The van der Waals surface area contributed by atoms with Crippen molar-refractivity contribution < 1.29 is 14.4 Å². The van der Waals surface area contributed by atoms with Crippen LogP contribution in [0.5, 0.6) is 0 Å². The van der Waals surface area contributed by atoms with E-state index in [1.54, 1.807) is 4.90 Å². The molecule has 2 aliphatic rings. The fourth-order valence-electron chi connectivity index (χ4n) is 5.84. The minimum absolute atomic E-state index is 0.162. The third-order valence-corrected chi connectivity index (χ3v) is 7.62. The van der Waals surface area contributed by atoms with Gasteiger partial charge < -0.3 is 20.5 Å². The van der Waals surface area contributed by atoms with E-state index < -0.39 is 12.1 Å². The molecule has 6 rings (SSSR count). The number of aromatic nitrogens is 1. The fourth-order valence-corrected chi connectivity index (χ4v) is 5.84. The Morgan fingerprint density at radius 1 is 1.00 bits per heavy atom. The van der Waals surface area contributed by atoms with Crippen LogP contribution in [0.1, 0.15) is 52.1 Å². The molecule has 3 N–H and O–H groups in total. The monoisotopic (exact) mass is 506 g/mol. The first-order chi connectivity index (χ1) is 18.6. The van der Waals surface area contributed by atoms with Gasteiger partial charge in [-0.15, -0.1) is 0 Å². The van der Waals surface area contributed by atoms with Crippen molar-refractivity contribution in [1.29, 1.82) is 0 Å². The van der Waals surface area contributed by atoms with E-state index in [1.165, 1.54) is 0 Å². The smallest absolute Gasteiger partial charge is 0.255 e. The highest BCUT2D eigenvalue weighted by Gasteiger charge is 2.49. The van der Waals surface area contributed by atoms with E-state index in [0.717, 1.165) is 39.7 Å². The number of hydrogen-bond acceptors (Lipinski definition) is 3. The molecular weight excluding hydrogens is 476 g/mol. The van der Waals surface area contributed by atoms with Crippen molar-refractivity contribution in [2.24, 2.45) is 0 Å². The predicted octanol–water partition coefficient (Wildman–Crippen LogP) is 3.89. The van der Waals surface area contributed by atoms with Gasteiger partial charge in [0.05, 0.1) is 6.04 Å². The Labute approximate surface area is 221 Å². The van der Waals surface area contributed by atoms with E-state index in [-0.39, 0.29) is 23.8 Å². The molecule has 0 bridgehead atoms. The number of benzene rings is 3. The van der Waals surface area contributed by atoms with Crippen molar-refractivity contribution in [2.45, 2.75) is 44.3 Å². The molecule has 0 aliphatic carbocycles. The lowest BCUT2D eigenvalue weighted by Crippen LogP contribution is -2.57. The summed E-state index contributed by atoms with van der Waals surface area (Å²) in [6.07, 6.45) is 1.53. The topological polar surface area (TPSA) is 94.3 Å². The minimum Gasteiger partial charge on any atom is -0.356 e. The number of amides is 3. The van der Waals surface area contributed by atoms with E-state index in [0.29, 0.717) is 24.9 Å². The molecule has 3 amide bonds. The summed E-state index contributed by atoms with van der Waals surface area (Å²) in [4.78, 5) is 46.0. The summed E-state index contributed by atoms with van der Waals surface area (Å²) in [6, 6.07) is 23.4. The number of hydrogen-bond donors (Lipinski definition) is 3. The summed E-state index contributed by atoms with van der Waals surface area (Å²) >= 11 is 0. The highest BCUT2D eigenvalue weighted by Crippen LogP contribution is 2.46. The molecule has 0 saturated carbocycles. The van der Waals surface area contributed by atoms with E-state index >= 15 is 0 Å². The van der Waals surface area contributed by atoms with Crippen molar-refractivity contribution in [3.63, 3.8) is 0 Å². The van der Waals surface area contributed by atoms with E-state index in [1.807, 2.05) is 85.8 Å². The summed E-state index contributed by atoms with van der Waals surface area (Å²) in [7, 11) is 0. The number of nitrogens with one attached hydrogen (secondary N) is 3. The molecule has 192 valence electrons. The molecule has 0 unspecified atom stereocenters. The van der Waals surface area contributed by atoms with Crippen molar-refractivity contribution >= 4 is 28.6 Å². The zero-order valence-corrected chi connectivity index (χ0v) is 21.2. The standard InChI is InChI=1S/C31H30N4O3/c1-2-16-32-29(36)25(17-19-10-4-3-5-11-19)34-30(37)26-18-23-20-12-8-9-15-24(20)33-27(23)28-21-13-6-7-14-22(21)31(38)35(26)28/h3-15,25-26,28,33H,2,16-18H2,1H3,(H,32,36)(H,34,37)/t25-,26-,28+/m0/s1. The van der Waals surface area contributed by atoms with Gasteiger partial charge in [-0.05, 0) is 35.2 Å². The van der Waals surface area contributed by atoms with Gasteiger partial charge in [-0.3, -0.25) is 14.4 Å². The van der Waals surface area contributed by atoms with Gasteiger partial charge in [0.2, 0.25) is 11.8 Å². The summed E-state index contributed by atoms with van der Waals surface area (Å²) in [5.41, 5.74) is 5.44. The predicted molar refractivity (Wildman–Crippen MR) is 146 cm³/mol. The summed E-state index contributed by atoms with van der Waals surface area (Å²) in [5.74, 6) is -0.704. The second-order valence-electron chi connectivity index (χ2n) is 10.0. The van der Waals surface area contributed by atoms with Crippen LogP contribution in [0.2, 0.25) is 0 Å². The maximum Gasteiger partial charge on any atom is 0.255 e. The quantitative estimate of drug-likeness (QED) is 0.355. The Hall–Kier alpha value is -4.39. The average molecular weight is 507 g/mol. The van der Waals surface area contributed by atoms with Gasteiger partial charge in [0.15, 0.2) is 0 Å². The van der Waals surface area contributed by atoms with Gasteiger partial charge in [0.1, 0.15) is 12.1 Å². The van der Waals surface area contributed by atoms with Crippen LogP contribution in [-0.4, -0.2) is 46.2 Å². The molecule has 2 aliphatic heterocycles. The number of aromatic amines is 1. The first-order valence-electron chi connectivity index (χ1n) is 13.2. The van der Waals surface area contributed by atoms with Crippen LogP contribution in [0.25, 0.3) is 10.9 Å². The first-order valence-corrected chi connectivity index (χ1v) is 13.2. The summed E-state index contributed by atoms with van der Waals surface area (Å²) in [6.45, 7) is 2.52. The first kappa shape index (κ1) is 24.0. The van der Waals surface area contributed by atoms with Crippen molar-refractivity contribution in [1.82, 2.24) is 20.5 Å². The van der Waals surface area contributed by atoms with Crippen molar-refractivity contribution in [2.75, 3.05) is 6.54 Å². The van der Waals surface area contributed by atoms with Gasteiger partial charge in [0.25, 0.3) is 5.91 Å². The number of nitrogens with zero attached hydrogens (tertiary/aromatic N) is 1. The van der Waals surface area contributed by atoms with Crippen LogP contribution < -0.4 is 10.6 Å². The van der Waals surface area contributed by atoms with Gasteiger partial charge in [-0.25, -0.2) is 0 Å². The lowest BCUT2D eigenvalue weighted by molar-refractivity contribution is -0.132. The second kappa shape index (κ2) is 9.82. The van der Waals surface area contributed by atoms with Crippen LogP contribution >= 0.6 is 0 Å². The van der Waals surface area contributed by atoms with Crippen LogP contribution in [-0.2, 0) is 22.4 Å². The molecular formula is C31H30N4O3. The Bertz CT molecular complexity index is 1530. The number of carbonyl (C=O) groups excluding carboxylic acids is 3. The zero-order valence-electron chi connectivity index (χ0n) is 21.2. The Morgan fingerprint density at radius 3 is 2.55 bits per heavy atom. The molecule has 7 heteroatoms. The fraction of sp³-hybridized carbons (Fsp3) is 0.258. The Balaban J connectivity index is 1.37. The number of H-pyrrole nitrogens is 1. The molecule has 3 aromatic carbocycles. The van der Waals surface area contributed by atoms with Gasteiger partial charge >= 0.3 is 0 Å². The summed E-state index contributed by atoms with van der Waals surface area (Å²) < 4.78 is 0. The van der Waals surface area contributed by atoms with Gasteiger partial charge in [0, 0.05) is 41.5 Å². The number of para-hydroxylation sites is 1. The van der Waals surface area contributed by atoms with E-state index in [4.69, 9.17) is 0 Å². The van der Waals surface area contributed by atoms with Crippen LogP contribution in [0.15, 0.2) is 78.9 Å². The van der Waals surface area contributed by atoms with Crippen LogP contribution in [0, 0.1) is 0 Å². The second-order valence-corrected chi connectivity index (χ2v) is 10.0. The zero-order chi connectivity index (χ0) is 26.2. The number of fused-ring (bicyclic) bond motifs is 7. The third-order valence-electron chi connectivity index (χ3n) is 7.62.